The summed E-state index contributed by atoms with van der Waals surface area (Å²) in [5, 5.41) is 3.12. The molecule has 2 aromatic carbocycles. The Morgan fingerprint density at radius 1 is 1.12 bits per heavy atom. The summed E-state index contributed by atoms with van der Waals surface area (Å²) in [6, 6.07) is 13.7. The fraction of sp³-hybridized carbons (Fsp3) is 0.391. The van der Waals surface area contributed by atoms with Gasteiger partial charge in [0.05, 0.1) is 11.9 Å². The van der Waals surface area contributed by atoms with E-state index in [2.05, 4.69) is 5.32 Å². The second-order valence-electron chi connectivity index (χ2n) is 7.67. The molecule has 0 heterocycles. The number of likely N-dealkylation sites (N-methyl/N-ethyl adjacent to an activating group) is 1. The zero-order chi connectivity index (χ0) is 23.9. The van der Waals surface area contributed by atoms with Crippen molar-refractivity contribution in [3.63, 3.8) is 0 Å². The van der Waals surface area contributed by atoms with E-state index in [1.54, 1.807) is 37.3 Å². The molecular formula is C23H30ClN3O4S. The van der Waals surface area contributed by atoms with Crippen LogP contribution < -0.4 is 9.62 Å². The van der Waals surface area contributed by atoms with Crippen molar-refractivity contribution in [3.05, 3.63) is 64.7 Å². The van der Waals surface area contributed by atoms with E-state index < -0.39 is 16.1 Å². The number of rotatable bonds is 10. The Labute approximate surface area is 195 Å². The van der Waals surface area contributed by atoms with Gasteiger partial charge in [0.2, 0.25) is 21.8 Å². The summed E-state index contributed by atoms with van der Waals surface area (Å²) in [5.41, 5.74) is 2.23. The van der Waals surface area contributed by atoms with E-state index in [1.807, 2.05) is 25.1 Å². The second-order valence-corrected chi connectivity index (χ2v) is 10.0. The molecule has 0 radical (unpaired) electrons. The molecule has 1 N–H and O–H groups in total. The minimum absolute atomic E-state index is 0.0970. The first-order chi connectivity index (χ1) is 15.0. The summed E-state index contributed by atoms with van der Waals surface area (Å²) in [6.07, 6.45) is 1.56. The number of amides is 2. The Hall–Kier alpha value is -2.58. The molecule has 0 aliphatic rings. The van der Waals surface area contributed by atoms with Crippen molar-refractivity contribution in [2.45, 2.75) is 39.3 Å². The maximum Gasteiger partial charge on any atom is 0.242 e. The molecule has 0 saturated carbocycles. The lowest BCUT2D eigenvalue weighted by molar-refractivity contribution is -0.140. The zero-order valence-corrected chi connectivity index (χ0v) is 20.4. The van der Waals surface area contributed by atoms with Crippen LogP contribution in [0.3, 0.4) is 0 Å². The Kier molecular flexibility index (Phi) is 9.09. The lowest BCUT2D eigenvalue weighted by atomic mass is 10.1. The molecule has 174 valence electrons. The van der Waals surface area contributed by atoms with Crippen molar-refractivity contribution in [2.24, 2.45) is 0 Å². The number of halogens is 1. The average molecular weight is 480 g/mol. The highest BCUT2D eigenvalue weighted by Crippen LogP contribution is 2.23. The molecule has 2 amide bonds. The molecule has 0 aliphatic carbocycles. The maximum absolute atomic E-state index is 13.1. The van der Waals surface area contributed by atoms with E-state index >= 15 is 0 Å². The lowest BCUT2D eigenvalue weighted by Gasteiger charge is -2.29. The Bertz CT molecular complexity index is 1060. The van der Waals surface area contributed by atoms with Gasteiger partial charge in [0.1, 0.15) is 6.04 Å². The van der Waals surface area contributed by atoms with Crippen LogP contribution >= 0.6 is 11.6 Å². The van der Waals surface area contributed by atoms with Crippen molar-refractivity contribution in [3.8, 4) is 0 Å². The van der Waals surface area contributed by atoms with Gasteiger partial charge in [-0.1, -0.05) is 41.9 Å². The number of aryl methyl sites for hydroxylation is 1. The van der Waals surface area contributed by atoms with Crippen LogP contribution in [0.25, 0.3) is 0 Å². The van der Waals surface area contributed by atoms with E-state index in [0.29, 0.717) is 17.1 Å². The fourth-order valence-electron chi connectivity index (χ4n) is 3.45. The smallest absolute Gasteiger partial charge is 0.242 e. The van der Waals surface area contributed by atoms with E-state index in [4.69, 9.17) is 11.6 Å². The molecule has 0 spiro atoms. The highest BCUT2D eigenvalue weighted by molar-refractivity contribution is 7.92. The molecule has 0 aliphatic heterocycles. The largest absolute Gasteiger partial charge is 0.357 e. The molecule has 2 aromatic rings. The summed E-state index contributed by atoms with van der Waals surface area (Å²) in [4.78, 5) is 26.8. The molecule has 2 rings (SSSR count). The third-order valence-electron chi connectivity index (χ3n) is 5.19. The quantitative estimate of drug-likeness (QED) is 0.566. The molecule has 1 atom stereocenters. The highest BCUT2D eigenvalue weighted by atomic mass is 35.5. The molecule has 0 saturated heterocycles. The van der Waals surface area contributed by atoms with Gasteiger partial charge in [-0.3, -0.25) is 13.9 Å². The van der Waals surface area contributed by atoms with Crippen molar-refractivity contribution in [1.29, 1.82) is 0 Å². The minimum Gasteiger partial charge on any atom is -0.357 e. The predicted molar refractivity (Wildman–Crippen MR) is 128 cm³/mol. The average Bonchev–Trinajstić information content (AvgIpc) is 2.74. The van der Waals surface area contributed by atoms with Gasteiger partial charge in [0.25, 0.3) is 0 Å². The first-order valence-electron chi connectivity index (χ1n) is 10.3. The van der Waals surface area contributed by atoms with Crippen LogP contribution in [-0.2, 0) is 26.2 Å². The van der Waals surface area contributed by atoms with Crippen molar-refractivity contribution in [1.82, 2.24) is 10.2 Å². The number of nitrogens with zero attached hydrogens (tertiary/aromatic N) is 2. The van der Waals surface area contributed by atoms with Gasteiger partial charge in [0.15, 0.2) is 0 Å². The standard InChI is InChI=1S/C23H30ClN3O4S/c1-17-9-5-6-12-21(17)27(32(4,30)31)14-8-13-22(28)26(18(2)23(29)25-3)16-19-10-7-11-20(24)15-19/h5-7,9-12,15,18H,8,13-14,16H2,1-4H3,(H,25,29). The van der Waals surface area contributed by atoms with E-state index in [-0.39, 0.29) is 31.3 Å². The van der Waals surface area contributed by atoms with Crippen LogP contribution in [0.2, 0.25) is 5.02 Å². The van der Waals surface area contributed by atoms with Crippen LogP contribution in [0.1, 0.15) is 30.9 Å². The van der Waals surface area contributed by atoms with Gasteiger partial charge in [-0.2, -0.15) is 0 Å². The van der Waals surface area contributed by atoms with Gasteiger partial charge in [-0.05, 0) is 49.6 Å². The van der Waals surface area contributed by atoms with Gasteiger partial charge in [-0.25, -0.2) is 8.42 Å². The predicted octanol–water partition coefficient (Wildman–Crippen LogP) is 3.36. The summed E-state index contributed by atoms with van der Waals surface area (Å²) < 4.78 is 26.1. The molecule has 7 nitrogen and oxygen atoms in total. The van der Waals surface area contributed by atoms with E-state index in [1.165, 1.54) is 16.3 Å². The topological polar surface area (TPSA) is 86.8 Å². The molecule has 0 bridgehead atoms. The second kappa shape index (κ2) is 11.3. The lowest BCUT2D eigenvalue weighted by Crippen LogP contribution is -2.46. The fourth-order valence-corrected chi connectivity index (χ4v) is 4.68. The van der Waals surface area contributed by atoms with Gasteiger partial charge < -0.3 is 10.2 Å². The maximum atomic E-state index is 13.1. The summed E-state index contributed by atoms with van der Waals surface area (Å²) in [7, 11) is -2.00. The molecular weight excluding hydrogens is 450 g/mol. The van der Waals surface area contributed by atoms with Gasteiger partial charge in [-0.15, -0.1) is 0 Å². The summed E-state index contributed by atoms with van der Waals surface area (Å²) in [6.45, 7) is 3.89. The molecule has 0 aromatic heterocycles. The minimum atomic E-state index is -3.52. The number of hydrogen-bond acceptors (Lipinski definition) is 4. The first kappa shape index (κ1) is 25.7. The number of benzene rings is 2. The SMILES string of the molecule is CNC(=O)C(C)N(Cc1cccc(Cl)c1)C(=O)CCCN(c1ccccc1C)S(C)(=O)=O. The van der Waals surface area contributed by atoms with Crippen LogP contribution in [0.5, 0.6) is 0 Å². The third-order valence-corrected chi connectivity index (χ3v) is 6.61. The van der Waals surface area contributed by atoms with E-state index in [9.17, 15) is 18.0 Å². The summed E-state index contributed by atoms with van der Waals surface area (Å²) in [5.74, 6) is -0.516. The molecule has 0 fully saturated rings. The molecule has 9 heteroatoms. The van der Waals surface area contributed by atoms with E-state index in [0.717, 1.165) is 17.4 Å². The van der Waals surface area contributed by atoms with Crippen LogP contribution in [0.15, 0.2) is 48.5 Å². The van der Waals surface area contributed by atoms with Crippen LogP contribution in [0.4, 0.5) is 5.69 Å². The third kappa shape index (κ3) is 6.97. The normalized spacial score (nSPS) is 12.2. The molecule has 1 unspecified atom stereocenters. The van der Waals surface area contributed by atoms with Crippen LogP contribution in [-0.4, -0.2) is 51.0 Å². The van der Waals surface area contributed by atoms with Gasteiger partial charge in [0, 0.05) is 31.6 Å². The summed E-state index contributed by atoms with van der Waals surface area (Å²) >= 11 is 6.06. The first-order valence-corrected chi connectivity index (χ1v) is 12.6. The number of carbonyl (C=O) groups is 2. The van der Waals surface area contributed by atoms with Crippen molar-refractivity contribution >= 4 is 39.1 Å². The highest BCUT2D eigenvalue weighted by Gasteiger charge is 2.26. The van der Waals surface area contributed by atoms with Crippen LogP contribution in [0, 0.1) is 6.92 Å². The van der Waals surface area contributed by atoms with Gasteiger partial charge >= 0.3 is 0 Å². The zero-order valence-electron chi connectivity index (χ0n) is 18.8. The number of anilines is 1. The number of hydrogen-bond donors (Lipinski definition) is 1. The van der Waals surface area contributed by atoms with Crippen molar-refractivity contribution in [2.75, 3.05) is 24.2 Å². The number of carbonyl (C=O) groups excluding carboxylic acids is 2. The number of para-hydroxylation sites is 1. The molecule has 32 heavy (non-hydrogen) atoms. The Morgan fingerprint density at radius 2 is 1.81 bits per heavy atom. The monoisotopic (exact) mass is 479 g/mol. The Morgan fingerprint density at radius 3 is 2.41 bits per heavy atom. The Balaban J connectivity index is 2.15. The number of nitrogens with one attached hydrogen (secondary N) is 1. The van der Waals surface area contributed by atoms with Crippen molar-refractivity contribution < 1.29 is 18.0 Å². The number of sulfonamides is 1.